The highest BCUT2D eigenvalue weighted by Gasteiger charge is 2.33. The van der Waals surface area contributed by atoms with Crippen LogP contribution in [-0.4, -0.2) is 23.3 Å². The van der Waals surface area contributed by atoms with Crippen molar-refractivity contribution in [1.29, 1.82) is 0 Å². The van der Waals surface area contributed by atoms with Gasteiger partial charge in [-0.3, -0.25) is 14.9 Å². The van der Waals surface area contributed by atoms with E-state index in [1.54, 1.807) is 0 Å². The third-order valence-electron chi connectivity index (χ3n) is 2.85. The lowest BCUT2D eigenvalue weighted by Gasteiger charge is -2.16. The van der Waals surface area contributed by atoms with Gasteiger partial charge in [-0.1, -0.05) is 0 Å². The van der Waals surface area contributed by atoms with E-state index >= 15 is 0 Å². The van der Waals surface area contributed by atoms with E-state index in [4.69, 9.17) is 11.6 Å². The number of alkyl halides is 1. The highest BCUT2D eigenvalue weighted by Crippen LogP contribution is 2.33. The number of anilines is 1. The van der Waals surface area contributed by atoms with E-state index in [1.165, 1.54) is 11.0 Å². The van der Waals surface area contributed by atoms with Gasteiger partial charge in [-0.25, -0.2) is 4.39 Å². The Kier molecular flexibility index (Phi) is 3.47. The number of nitrogens with zero attached hydrogens (tertiary/aromatic N) is 2. The number of carbonyl (C=O) groups excluding carboxylic acids is 1. The van der Waals surface area contributed by atoms with Crippen LogP contribution in [0.2, 0.25) is 0 Å². The minimum absolute atomic E-state index is 0.0242. The van der Waals surface area contributed by atoms with Crippen molar-refractivity contribution in [3.05, 3.63) is 34.1 Å². The molecule has 1 unspecified atom stereocenters. The molecule has 0 spiro atoms. The minimum atomic E-state index is -0.703. The summed E-state index contributed by atoms with van der Waals surface area (Å²) < 4.78 is 13.0. The first kappa shape index (κ1) is 12.8. The summed E-state index contributed by atoms with van der Waals surface area (Å²) in [6.07, 6.45) is 0.262. The predicted octanol–water partition coefficient (Wildman–Crippen LogP) is 2.33. The van der Waals surface area contributed by atoms with Gasteiger partial charge < -0.3 is 4.90 Å². The van der Waals surface area contributed by atoms with Crippen LogP contribution in [0.3, 0.4) is 0 Å². The van der Waals surface area contributed by atoms with E-state index in [0.717, 1.165) is 12.1 Å². The Morgan fingerprint density at radius 3 is 2.83 bits per heavy atom. The summed E-state index contributed by atoms with van der Waals surface area (Å²) >= 11 is 5.68. The number of nitro benzene ring substituents is 1. The first-order valence-electron chi connectivity index (χ1n) is 5.33. The fraction of sp³-hybridized carbons (Fsp3) is 0.364. The lowest BCUT2D eigenvalue weighted by atomic mass is 10.1. The van der Waals surface area contributed by atoms with E-state index in [-0.39, 0.29) is 23.9 Å². The first-order chi connectivity index (χ1) is 8.52. The largest absolute Gasteiger partial charge is 0.306 e. The smallest absolute Gasteiger partial charge is 0.295 e. The average molecular weight is 273 g/mol. The molecule has 1 heterocycles. The second-order valence-electron chi connectivity index (χ2n) is 4.12. The summed E-state index contributed by atoms with van der Waals surface area (Å²) in [4.78, 5) is 23.2. The second kappa shape index (κ2) is 4.89. The third kappa shape index (κ3) is 2.28. The number of hydrogen-bond donors (Lipinski definition) is 0. The number of rotatable bonds is 3. The molecule has 1 saturated heterocycles. The maximum Gasteiger partial charge on any atom is 0.295 e. The number of amides is 1. The van der Waals surface area contributed by atoms with E-state index < -0.39 is 16.4 Å². The molecule has 0 bridgehead atoms. The molecule has 96 valence electrons. The molecule has 5 nitrogen and oxygen atoms in total. The van der Waals surface area contributed by atoms with Gasteiger partial charge in [0.1, 0.15) is 11.5 Å². The van der Waals surface area contributed by atoms with Crippen molar-refractivity contribution in [2.24, 2.45) is 5.92 Å². The number of carbonyl (C=O) groups is 1. The molecule has 1 aliphatic rings. The first-order valence-corrected chi connectivity index (χ1v) is 5.86. The van der Waals surface area contributed by atoms with Gasteiger partial charge in [-0.05, 0) is 18.1 Å². The van der Waals surface area contributed by atoms with E-state index in [9.17, 15) is 19.3 Å². The molecule has 1 amide bonds. The normalized spacial score (nSPS) is 19.3. The standard InChI is InChI=1S/C11H10ClFN2O3/c12-5-7-3-11(16)14(6-7)9-2-1-8(13)4-10(9)15(17)18/h1-2,4,7H,3,5-6H2. The van der Waals surface area contributed by atoms with Crippen LogP contribution in [0.15, 0.2) is 18.2 Å². The van der Waals surface area contributed by atoms with Crippen molar-refractivity contribution >= 4 is 28.9 Å². The van der Waals surface area contributed by atoms with Gasteiger partial charge in [-0.15, -0.1) is 11.6 Å². The molecule has 0 N–H and O–H groups in total. The molecular weight excluding hydrogens is 263 g/mol. The number of nitro groups is 1. The van der Waals surface area contributed by atoms with Crippen LogP contribution in [0.4, 0.5) is 15.8 Å². The Balaban J connectivity index is 2.39. The quantitative estimate of drug-likeness (QED) is 0.482. The lowest BCUT2D eigenvalue weighted by Crippen LogP contribution is -2.25. The van der Waals surface area contributed by atoms with E-state index in [0.29, 0.717) is 12.4 Å². The van der Waals surface area contributed by atoms with Crippen molar-refractivity contribution in [2.45, 2.75) is 6.42 Å². The van der Waals surface area contributed by atoms with Gasteiger partial charge in [0.2, 0.25) is 5.91 Å². The van der Waals surface area contributed by atoms with Gasteiger partial charge >= 0.3 is 0 Å². The van der Waals surface area contributed by atoms with Gasteiger partial charge in [0, 0.05) is 18.8 Å². The third-order valence-corrected chi connectivity index (χ3v) is 3.28. The predicted molar refractivity (Wildman–Crippen MR) is 64.2 cm³/mol. The fourth-order valence-electron chi connectivity index (χ4n) is 1.99. The van der Waals surface area contributed by atoms with Crippen molar-refractivity contribution in [3.8, 4) is 0 Å². The molecule has 2 rings (SSSR count). The fourth-order valence-corrected chi connectivity index (χ4v) is 2.20. The Morgan fingerprint density at radius 1 is 1.56 bits per heavy atom. The average Bonchev–Trinajstić information content (AvgIpc) is 2.70. The van der Waals surface area contributed by atoms with Crippen molar-refractivity contribution in [1.82, 2.24) is 0 Å². The lowest BCUT2D eigenvalue weighted by molar-refractivity contribution is -0.384. The number of halogens is 2. The molecule has 0 aromatic heterocycles. The zero-order chi connectivity index (χ0) is 13.3. The number of hydrogen-bond acceptors (Lipinski definition) is 3. The van der Waals surface area contributed by atoms with Crippen LogP contribution in [0.25, 0.3) is 0 Å². The van der Waals surface area contributed by atoms with Crippen LogP contribution in [0, 0.1) is 21.8 Å². The summed E-state index contributed by atoms with van der Waals surface area (Å²) in [6, 6.07) is 3.17. The summed E-state index contributed by atoms with van der Waals surface area (Å²) in [6.45, 7) is 0.328. The Labute approximate surface area is 107 Å². The number of benzene rings is 1. The minimum Gasteiger partial charge on any atom is -0.306 e. The van der Waals surface area contributed by atoms with Crippen LogP contribution in [0.5, 0.6) is 0 Å². The topological polar surface area (TPSA) is 63.5 Å². The Hall–Kier alpha value is -1.69. The molecule has 1 aliphatic heterocycles. The zero-order valence-electron chi connectivity index (χ0n) is 9.31. The van der Waals surface area contributed by atoms with Gasteiger partial charge in [-0.2, -0.15) is 0 Å². The van der Waals surface area contributed by atoms with Crippen LogP contribution >= 0.6 is 11.6 Å². The summed E-state index contributed by atoms with van der Waals surface area (Å²) in [5.41, 5.74) is -0.280. The molecular formula is C11H10ClFN2O3. The van der Waals surface area contributed by atoms with Crippen LogP contribution < -0.4 is 4.90 Å². The second-order valence-corrected chi connectivity index (χ2v) is 4.43. The Bertz CT molecular complexity index is 509. The summed E-state index contributed by atoms with van der Waals surface area (Å²) in [5, 5.41) is 10.9. The Morgan fingerprint density at radius 2 is 2.28 bits per heavy atom. The van der Waals surface area contributed by atoms with E-state index in [2.05, 4.69) is 0 Å². The SMILES string of the molecule is O=C1CC(CCl)CN1c1ccc(F)cc1[N+](=O)[O-]. The van der Waals surface area contributed by atoms with Crippen molar-refractivity contribution in [2.75, 3.05) is 17.3 Å². The van der Waals surface area contributed by atoms with Crippen LogP contribution in [-0.2, 0) is 4.79 Å². The molecule has 7 heteroatoms. The molecule has 0 radical (unpaired) electrons. The maximum atomic E-state index is 13.0. The molecule has 1 atom stereocenters. The molecule has 18 heavy (non-hydrogen) atoms. The highest BCUT2D eigenvalue weighted by atomic mass is 35.5. The maximum absolute atomic E-state index is 13.0. The molecule has 1 aromatic carbocycles. The molecule has 0 saturated carbocycles. The van der Waals surface area contributed by atoms with Crippen LogP contribution in [0.1, 0.15) is 6.42 Å². The van der Waals surface area contributed by atoms with Gasteiger partial charge in [0.05, 0.1) is 11.0 Å². The van der Waals surface area contributed by atoms with Gasteiger partial charge in [0.25, 0.3) is 5.69 Å². The molecule has 0 aliphatic carbocycles. The summed E-state index contributed by atoms with van der Waals surface area (Å²) in [7, 11) is 0. The monoisotopic (exact) mass is 272 g/mol. The molecule has 1 fully saturated rings. The zero-order valence-corrected chi connectivity index (χ0v) is 10.1. The molecule has 1 aromatic rings. The highest BCUT2D eigenvalue weighted by molar-refractivity contribution is 6.18. The van der Waals surface area contributed by atoms with Crippen molar-refractivity contribution < 1.29 is 14.1 Å². The van der Waals surface area contributed by atoms with Gasteiger partial charge in [0.15, 0.2) is 0 Å². The summed E-state index contributed by atoms with van der Waals surface area (Å²) in [5.74, 6) is -0.637. The van der Waals surface area contributed by atoms with Crippen molar-refractivity contribution in [3.63, 3.8) is 0 Å². The van der Waals surface area contributed by atoms with E-state index in [1.807, 2.05) is 0 Å².